The van der Waals surface area contributed by atoms with E-state index in [1.54, 1.807) is 0 Å². The van der Waals surface area contributed by atoms with Gasteiger partial charge in [-0.05, 0) is 25.0 Å². The number of benzene rings is 1. The van der Waals surface area contributed by atoms with E-state index >= 15 is 0 Å². The van der Waals surface area contributed by atoms with E-state index in [1.165, 1.54) is 0 Å². The average molecular weight is 295 g/mol. The molecule has 0 aliphatic carbocycles. The minimum Gasteiger partial charge on any atom is -0.368 e. The van der Waals surface area contributed by atoms with Gasteiger partial charge >= 0.3 is 0 Å². The zero-order chi connectivity index (χ0) is 15.0. The molecule has 0 radical (unpaired) electrons. The van der Waals surface area contributed by atoms with Gasteiger partial charge in [0.25, 0.3) is 0 Å². The highest BCUT2D eigenvalue weighted by atomic mass is 19.2. The largest absolute Gasteiger partial charge is 0.368 e. The fraction of sp³-hybridized carbons (Fsp3) is 0.308. The summed E-state index contributed by atoms with van der Waals surface area (Å²) in [5.74, 6) is -3.80. The van der Waals surface area contributed by atoms with Gasteiger partial charge in [-0.15, -0.1) is 0 Å². The summed E-state index contributed by atoms with van der Waals surface area (Å²) in [4.78, 5) is 14.0. The van der Waals surface area contributed by atoms with E-state index in [0.717, 1.165) is 38.1 Å². The van der Waals surface area contributed by atoms with Gasteiger partial charge in [-0.1, -0.05) is 0 Å². The molecule has 0 atom stereocenters. The predicted molar refractivity (Wildman–Crippen MR) is 71.0 cm³/mol. The molecular formula is C13H12F3N5. The third-order valence-electron chi connectivity index (χ3n) is 3.27. The molecular weight excluding hydrogens is 283 g/mol. The van der Waals surface area contributed by atoms with E-state index in [-0.39, 0.29) is 17.3 Å². The Kier molecular flexibility index (Phi) is 3.36. The molecule has 2 aromatic rings. The molecule has 1 aliphatic heterocycles. The lowest BCUT2D eigenvalue weighted by molar-refractivity contribution is 0.447. The minimum atomic E-state index is -1.53. The first kappa shape index (κ1) is 13.6. The average Bonchev–Trinajstić information content (AvgIpc) is 2.97. The Labute approximate surface area is 118 Å². The van der Waals surface area contributed by atoms with Crippen LogP contribution in [0.4, 0.5) is 25.1 Å². The summed E-state index contributed by atoms with van der Waals surface area (Å²) in [5.41, 5.74) is 5.63. The van der Waals surface area contributed by atoms with Crippen LogP contribution in [0.5, 0.6) is 0 Å². The van der Waals surface area contributed by atoms with Gasteiger partial charge in [0.2, 0.25) is 11.9 Å². The van der Waals surface area contributed by atoms with E-state index < -0.39 is 17.5 Å². The minimum absolute atomic E-state index is 0.0148. The quantitative estimate of drug-likeness (QED) is 0.860. The zero-order valence-electron chi connectivity index (χ0n) is 11.0. The molecule has 8 heteroatoms. The fourth-order valence-corrected chi connectivity index (χ4v) is 2.25. The molecule has 2 heterocycles. The van der Waals surface area contributed by atoms with Crippen LogP contribution in [0.2, 0.25) is 0 Å². The Morgan fingerprint density at radius 2 is 1.57 bits per heavy atom. The van der Waals surface area contributed by atoms with Crippen LogP contribution in [0, 0.1) is 17.5 Å². The van der Waals surface area contributed by atoms with Crippen molar-refractivity contribution < 1.29 is 13.2 Å². The van der Waals surface area contributed by atoms with Crippen LogP contribution in [0.25, 0.3) is 11.4 Å². The van der Waals surface area contributed by atoms with E-state index in [4.69, 9.17) is 5.73 Å². The summed E-state index contributed by atoms with van der Waals surface area (Å²) < 4.78 is 39.6. The number of nitrogen functional groups attached to an aromatic ring is 1. The second-order valence-corrected chi connectivity index (χ2v) is 4.77. The number of anilines is 2. The maximum absolute atomic E-state index is 13.3. The first-order valence-electron chi connectivity index (χ1n) is 6.46. The molecule has 110 valence electrons. The highest BCUT2D eigenvalue weighted by Crippen LogP contribution is 2.24. The number of nitrogens with zero attached hydrogens (tertiary/aromatic N) is 4. The van der Waals surface area contributed by atoms with Crippen molar-refractivity contribution in [1.82, 2.24) is 15.0 Å². The van der Waals surface area contributed by atoms with Gasteiger partial charge in [-0.25, -0.2) is 13.2 Å². The number of hydrogen-bond donors (Lipinski definition) is 1. The van der Waals surface area contributed by atoms with E-state index in [0.29, 0.717) is 5.95 Å². The first-order valence-corrected chi connectivity index (χ1v) is 6.46. The second kappa shape index (κ2) is 5.19. The van der Waals surface area contributed by atoms with Gasteiger partial charge in [0, 0.05) is 18.7 Å². The predicted octanol–water partition coefficient (Wildman–Crippen LogP) is 2.14. The SMILES string of the molecule is Nc1nc(-c2cc(F)c(F)c(F)c2)nc(N2CCCC2)n1. The van der Waals surface area contributed by atoms with Crippen LogP contribution in [0.15, 0.2) is 12.1 Å². The van der Waals surface area contributed by atoms with Crippen molar-refractivity contribution in [2.45, 2.75) is 12.8 Å². The molecule has 0 saturated carbocycles. The molecule has 2 N–H and O–H groups in total. The molecule has 21 heavy (non-hydrogen) atoms. The number of hydrogen-bond acceptors (Lipinski definition) is 5. The molecule has 0 spiro atoms. The van der Waals surface area contributed by atoms with Crippen molar-refractivity contribution in [2.24, 2.45) is 0 Å². The summed E-state index contributed by atoms with van der Waals surface area (Å²) in [6, 6.07) is 1.67. The van der Waals surface area contributed by atoms with Crippen LogP contribution in [0.3, 0.4) is 0 Å². The number of nitrogens with two attached hydrogens (primary N) is 1. The van der Waals surface area contributed by atoms with Crippen LogP contribution in [-0.4, -0.2) is 28.0 Å². The lowest BCUT2D eigenvalue weighted by atomic mass is 10.2. The first-order chi connectivity index (χ1) is 10.0. The maximum Gasteiger partial charge on any atom is 0.230 e. The van der Waals surface area contributed by atoms with E-state index in [9.17, 15) is 13.2 Å². The summed E-state index contributed by atoms with van der Waals surface area (Å²) >= 11 is 0. The number of rotatable bonds is 2. The van der Waals surface area contributed by atoms with Gasteiger partial charge in [0.05, 0.1) is 0 Å². The normalized spacial score (nSPS) is 14.7. The van der Waals surface area contributed by atoms with Crippen molar-refractivity contribution in [3.8, 4) is 11.4 Å². The maximum atomic E-state index is 13.3. The monoisotopic (exact) mass is 295 g/mol. The third-order valence-corrected chi connectivity index (χ3v) is 3.27. The van der Waals surface area contributed by atoms with Crippen molar-refractivity contribution in [3.63, 3.8) is 0 Å². The Bertz CT molecular complexity index is 662. The lowest BCUT2D eigenvalue weighted by Crippen LogP contribution is -2.21. The second-order valence-electron chi connectivity index (χ2n) is 4.77. The smallest absolute Gasteiger partial charge is 0.230 e. The highest BCUT2D eigenvalue weighted by Gasteiger charge is 2.19. The van der Waals surface area contributed by atoms with Crippen molar-refractivity contribution >= 4 is 11.9 Å². The molecule has 0 unspecified atom stereocenters. The van der Waals surface area contributed by atoms with Crippen molar-refractivity contribution in [3.05, 3.63) is 29.6 Å². The Balaban J connectivity index is 2.06. The third kappa shape index (κ3) is 2.61. The molecule has 1 aromatic heterocycles. The summed E-state index contributed by atoms with van der Waals surface area (Å²) in [6.45, 7) is 1.57. The van der Waals surface area contributed by atoms with Crippen LogP contribution in [0.1, 0.15) is 12.8 Å². The zero-order valence-corrected chi connectivity index (χ0v) is 11.0. The fourth-order valence-electron chi connectivity index (χ4n) is 2.25. The highest BCUT2D eigenvalue weighted by molar-refractivity contribution is 5.58. The van der Waals surface area contributed by atoms with Gasteiger partial charge < -0.3 is 10.6 Å². The molecule has 0 amide bonds. The van der Waals surface area contributed by atoms with Gasteiger partial charge in [-0.3, -0.25) is 0 Å². The molecule has 3 rings (SSSR count). The van der Waals surface area contributed by atoms with E-state index in [2.05, 4.69) is 15.0 Å². The Morgan fingerprint density at radius 1 is 0.952 bits per heavy atom. The van der Waals surface area contributed by atoms with Gasteiger partial charge in [-0.2, -0.15) is 15.0 Å². The number of halogens is 3. The Morgan fingerprint density at radius 3 is 2.19 bits per heavy atom. The summed E-state index contributed by atoms with van der Waals surface area (Å²) in [7, 11) is 0. The number of aromatic nitrogens is 3. The van der Waals surface area contributed by atoms with Crippen LogP contribution < -0.4 is 10.6 Å². The van der Waals surface area contributed by atoms with Gasteiger partial charge in [0.15, 0.2) is 23.3 Å². The molecule has 0 bridgehead atoms. The Hall–Kier alpha value is -2.38. The van der Waals surface area contributed by atoms with E-state index in [1.807, 2.05) is 4.90 Å². The van der Waals surface area contributed by atoms with Crippen molar-refractivity contribution in [1.29, 1.82) is 0 Å². The topological polar surface area (TPSA) is 67.9 Å². The molecule has 1 aromatic carbocycles. The lowest BCUT2D eigenvalue weighted by Gasteiger charge is -2.15. The molecule has 1 fully saturated rings. The van der Waals surface area contributed by atoms with Crippen LogP contribution in [-0.2, 0) is 0 Å². The standard InChI is InChI=1S/C13H12F3N5/c14-8-5-7(6-9(15)10(8)16)11-18-12(17)20-13(19-11)21-3-1-2-4-21/h5-6H,1-4H2,(H2,17,18,19,20). The van der Waals surface area contributed by atoms with Gasteiger partial charge in [0.1, 0.15) is 0 Å². The summed E-state index contributed by atoms with van der Waals surface area (Å²) in [6.07, 6.45) is 2.03. The molecule has 1 aliphatic rings. The van der Waals surface area contributed by atoms with Crippen molar-refractivity contribution in [2.75, 3.05) is 23.7 Å². The molecule has 1 saturated heterocycles. The summed E-state index contributed by atoms with van der Waals surface area (Å²) in [5, 5.41) is 0. The molecule has 5 nitrogen and oxygen atoms in total. The van der Waals surface area contributed by atoms with Crippen LogP contribution >= 0.6 is 0 Å².